The number of ether oxygens (including phenoxy) is 3. The van der Waals surface area contributed by atoms with Gasteiger partial charge in [0, 0.05) is 0 Å². The van der Waals surface area contributed by atoms with Crippen molar-refractivity contribution < 1.29 is 50.0 Å². The van der Waals surface area contributed by atoms with E-state index in [-0.39, 0.29) is 0 Å². The Morgan fingerprint density at radius 1 is 0.783 bits per heavy atom. The fraction of sp³-hybridized carbons (Fsp3) is 1.00. The third-order valence-electron chi connectivity index (χ3n) is 4.06. The molecule has 2 aliphatic heterocycles. The van der Waals surface area contributed by atoms with Gasteiger partial charge < -0.3 is 55.7 Å². The molecule has 136 valence electrons. The van der Waals surface area contributed by atoms with Crippen LogP contribution in [0.1, 0.15) is 0 Å². The van der Waals surface area contributed by atoms with E-state index in [1.165, 1.54) is 0 Å². The Hall–Kier alpha value is -0.440. The first-order valence-electron chi connectivity index (χ1n) is 7.15. The molecule has 0 spiro atoms. The van der Waals surface area contributed by atoms with Gasteiger partial charge in [-0.1, -0.05) is 0 Å². The molecule has 9 N–H and O–H groups in total. The van der Waals surface area contributed by atoms with Crippen molar-refractivity contribution in [1.82, 2.24) is 0 Å². The average Bonchev–Trinajstić information content (AvgIpc) is 2.55. The SMILES string of the molecule is N[C@H]1[C@H](O[C@H]2[C@H](O)[C@@H](O)[C@@H](O)O[C@@H]2CO)O[C@H](CO)[C@@H](O)[C@@H]1O. The zero-order valence-corrected chi connectivity index (χ0v) is 12.1. The van der Waals surface area contributed by atoms with Gasteiger partial charge >= 0.3 is 0 Å². The summed E-state index contributed by atoms with van der Waals surface area (Å²) in [7, 11) is 0. The Labute approximate surface area is 131 Å². The Balaban J connectivity index is 2.11. The first-order chi connectivity index (χ1) is 10.8. The van der Waals surface area contributed by atoms with Crippen molar-refractivity contribution in [2.24, 2.45) is 5.73 Å². The minimum Gasteiger partial charge on any atom is -0.394 e. The molecule has 2 rings (SSSR count). The standard InChI is InChI=1S/C12H23NO10/c13-5-7(17)6(16)3(1-14)22-12(5)23-10-4(2-15)21-11(20)9(19)8(10)18/h3-12,14-20H,1-2,13H2/t3-,4-,5-,6-,7-,8-,9-,10-,11+,12+/m1/s1. The van der Waals surface area contributed by atoms with Crippen molar-refractivity contribution in [1.29, 1.82) is 0 Å². The Kier molecular flexibility index (Phi) is 6.27. The number of rotatable bonds is 4. The average molecular weight is 341 g/mol. The predicted octanol–water partition coefficient (Wildman–Crippen LogP) is -5.43. The highest BCUT2D eigenvalue weighted by Gasteiger charge is 2.49. The van der Waals surface area contributed by atoms with Gasteiger partial charge in [0.05, 0.1) is 19.3 Å². The lowest BCUT2D eigenvalue weighted by Crippen LogP contribution is -2.66. The van der Waals surface area contributed by atoms with Crippen LogP contribution in [-0.2, 0) is 14.2 Å². The molecule has 0 aromatic rings. The highest BCUT2D eigenvalue weighted by Crippen LogP contribution is 2.27. The van der Waals surface area contributed by atoms with Gasteiger partial charge in [0.25, 0.3) is 0 Å². The molecule has 2 heterocycles. The van der Waals surface area contributed by atoms with Gasteiger partial charge in [-0.3, -0.25) is 0 Å². The molecule has 0 saturated carbocycles. The van der Waals surface area contributed by atoms with Gasteiger partial charge in [-0.15, -0.1) is 0 Å². The summed E-state index contributed by atoms with van der Waals surface area (Å²) < 4.78 is 15.6. The lowest BCUT2D eigenvalue weighted by molar-refractivity contribution is -0.339. The smallest absolute Gasteiger partial charge is 0.184 e. The Morgan fingerprint density at radius 2 is 1.39 bits per heavy atom. The highest BCUT2D eigenvalue weighted by molar-refractivity contribution is 4.95. The third kappa shape index (κ3) is 3.65. The molecule has 0 radical (unpaired) electrons. The topological polar surface area (TPSA) is 195 Å². The van der Waals surface area contributed by atoms with Crippen LogP contribution in [0, 0.1) is 0 Å². The van der Waals surface area contributed by atoms with E-state index in [1.54, 1.807) is 0 Å². The van der Waals surface area contributed by atoms with Crippen LogP contribution in [0.25, 0.3) is 0 Å². The molecule has 0 aromatic carbocycles. The van der Waals surface area contributed by atoms with Crippen LogP contribution < -0.4 is 5.73 Å². The molecule has 2 saturated heterocycles. The van der Waals surface area contributed by atoms with E-state index in [0.717, 1.165) is 0 Å². The molecule has 23 heavy (non-hydrogen) atoms. The summed E-state index contributed by atoms with van der Waals surface area (Å²) in [6, 6.07) is -1.22. The predicted molar refractivity (Wildman–Crippen MR) is 70.6 cm³/mol. The molecule has 0 bridgehead atoms. The van der Waals surface area contributed by atoms with Crippen molar-refractivity contribution in [2.75, 3.05) is 13.2 Å². The second kappa shape index (κ2) is 7.63. The van der Waals surface area contributed by atoms with Crippen molar-refractivity contribution in [2.45, 2.75) is 61.3 Å². The molecule has 0 unspecified atom stereocenters. The second-order valence-electron chi connectivity index (χ2n) is 5.61. The summed E-state index contributed by atoms with van der Waals surface area (Å²) in [5, 5.41) is 67.0. The van der Waals surface area contributed by atoms with E-state index in [9.17, 15) is 30.6 Å². The van der Waals surface area contributed by atoms with Crippen LogP contribution in [0.15, 0.2) is 0 Å². The highest BCUT2D eigenvalue weighted by atomic mass is 16.7. The van der Waals surface area contributed by atoms with Crippen molar-refractivity contribution in [3.05, 3.63) is 0 Å². The maximum absolute atomic E-state index is 9.98. The zero-order valence-electron chi connectivity index (χ0n) is 12.1. The number of nitrogens with two attached hydrogens (primary N) is 1. The van der Waals surface area contributed by atoms with Gasteiger partial charge in [0.15, 0.2) is 12.6 Å². The summed E-state index contributed by atoms with van der Waals surface area (Å²) in [5.41, 5.74) is 5.70. The Bertz CT molecular complexity index is 383. The normalized spacial score (nSPS) is 51.7. The molecule has 10 atom stereocenters. The molecule has 0 amide bonds. The van der Waals surface area contributed by atoms with Crippen LogP contribution in [0.3, 0.4) is 0 Å². The van der Waals surface area contributed by atoms with Crippen molar-refractivity contribution in [3.8, 4) is 0 Å². The summed E-state index contributed by atoms with van der Waals surface area (Å²) in [4.78, 5) is 0. The van der Waals surface area contributed by atoms with Crippen LogP contribution in [0.4, 0.5) is 0 Å². The lowest BCUT2D eigenvalue weighted by Gasteiger charge is -2.45. The molecular weight excluding hydrogens is 318 g/mol. The second-order valence-corrected chi connectivity index (χ2v) is 5.61. The number of hydrogen-bond donors (Lipinski definition) is 8. The zero-order chi connectivity index (χ0) is 17.3. The van der Waals surface area contributed by atoms with Gasteiger partial charge in [-0.2, -0.15) is 0 Å². The van der Waals surface area contributed by atoms with Crippen LogP contribution >= 0.6 is 0 Å². The van der Waals surface area contributed by atoms with E-state index < -0.39 is 74.6 Å². The summed E-state index contributed by atoms with van der Waals surface area (Å²) in [6.07, 6.45) is -12.9. The monoisotopic (exact) mass is 341 g/mol. The molecule has 0 aromatic heterocycles. The fourth-order valence-electron chi connectivity index (χ4n) is 2.62. The van der Waals surface area contributed by atoms with Gasteiger partial charge in [0.2, 0.25) is 0 Å². The molecule has 2 aliphatic rings. The van der Waals surface area contributed by atoms with Gasteiger partial charge in [-0.25, -0.2) is 0 Å². The maximum atomic E-state index is 9.98. The summed E-state index contributed by atoms with van der Waals surface area (Å²) >= 11 is 0. The first-order valence-corrected chi connectivity index (χ1v) is 7.15. The minimum absolute atomic E-state index is 0.612. The van der Waals surface area contributed by atoms with E-state index in [2.05, 4.69) is 0 Å². The minimum atomic E-state index is -1.71. The summed E-state index contributed by atoms with van der Waals surface area (Å²) in [5.74, 6) is 0. The number of hydrogen-bond acceptors (Lipinski definition) is 11. The fourth-order valence-corrected chi connectivity index (χ4v) is 2.62. The largest absolute Gasteiger partial charge is 0.394 e. The van der Waals surface area contributed by atoms with E-state index in [4.69, 9.17) is 25.1 Å². The maximum Gasteiger partial charge on any atom is 0.184 e. The Morgan fingerprint density at radius 3 is 1.96 bits per heavy atom. The quantitative estimate of drug-likeness (QED) is 0.243. The van der Waals surface area contributed by atoms with E-state index >= 15 is 0 Å². The van der Waals surface area contributed by atoms with E-state index in [1.807, 2.05) is 0 Å². The third-order valence-corrected chi connectivity index (χ3v) is 4.06. The summed E-state index contributed by atoms with van der Waals surface area (Å²) in [6.45, 7) is -1.25. The number of aliphatic hydroxyl groups is 7. The van der Waals surface area contributed by atoms with Crippen molar-refractivity contribution >= 4 is 0 Å². The van der Waals surface area contributed by atoms with Crippen LogP contribution in [-0.4, -0.2) is 110 Å². The van der Waals surface area contributed by atoms with E-state index in [0.29, 0.717) is 0 Å². The van der Waals surface area contributed by atoms with Gasteiger partial charge in [-0.05, 0) is 0 Å². The molecular formula is C12H23NO10. The molecule has 11 heteroatoms. The first kappa shape index (κ1) is 18.9. The van der Waals surface area contributed by atoms with Crippen LogP contribution in [0.2, 0.25) is 0 Å². The van der Waals surface area contributed by atoms with Crippen LogP contribution in [0.5, 0.6) is 0 Å². The number of aliphatic hydroxyl groups excluding tert-OH is 7. The lowest BCUT2D eigenvalue weighted by atomic mass is 9.96. The van der Waals surface area contributed by atoms with Crippen molar-refractivity contribution in [3.63, 3.8) is 0 Å². The molecule has 2 fully saturated rings. The van der Waals surface area contributed by atoms with Gasteiger partial charge in [0.1, 0.15) is 42.7 Å². The molecule has 0 aliphatic carbocycles. The molecule has 11 nitrogen and oxygen atoms in total.